The molecule has 20 heavy (non-hydrogen) atoms. The van der Waals surface area contributed by atoms with E-state index in [0.29, 0.717) is 38.9 Å². The molecule has 0 aromatic heterocycles. The Morgan fingerprint density at radius 1 is 1.20 bits per heavy atom. The van der Waals surface area contributed by atoms with E-state index in [9.17, 15) is 4.79 Å². The lowest BCUT2D eigenvalue weighted by molar-refractivity contribution is -0.159. The second kappa shape index (κ2) is 9.32. The first-order valence-corrected chi connectivity index (χ1v) is 7.58. The van der Waals surface area contributed by atoms with Crippen LogP contribution in [0.15, 0.2) is 0 Å². The highest BCUT2D eigenvalue weighted by Crippen LogP contribution is 2.39. The van der Waals surface area contributed by atoms with E-state index in [1.54, 1.807) is 7.11 Å². The summed E-state index contributed by atoms with van der Waals surface area (Å²) in [7, 11) is 1.67. The van der Waals surface area contributed by atoms with E-state index in [4.69, 9.17) is 19.9 Å². The minimum Gasteiger partial charge on any atom is -0.463 e. The van der Waals surface area contributed by atoms with Crippen LogP contribution in [0, 0.1) is 11.3 Å². The van der Waals surface area contributed by atoms with Crippen LogP contribution in [0.5, 0.6) is 0 Å². The molecule has 0 heterocycles. The Balaban J connectivity index is 2.20. The van der Waals surface area contributed by atoms with Crippen molar-refractivity contribution in [3.05, 3.63) is 0 Å². The molecule has 2 N–H and O–H groups in total. The number of hydrogen-bond acceptors (Lipinski definition) is 5. The van der Waals surface area contributed by atoms with Gasteiger partial charge in [0.15, 0.2) is 0 Å². The van der Waals surface area contributed by atoms with E-state index in [-0.39, 0.29) is 5.97 Å². The summed E-state index contributed by atoms with van der Waals surface area (Å²) >= 11 is 0. The van der Waals surface area contributed by atoms with Gasteiger partial charge in [-0.3, -0.25) is 4.79 Å². The number of carbonyl (C=O) groups is 1. The summed E-state index contributed by atoms with van der Waals surface area (Å²) in [6.07, 6.45) is 4.66. The van der Waals surface area contributed by atoms with Crippen molar-refractivity contribution in [1.29, 1.82) is 0 Å². The lowest BCUT2D eigenvalue weighted by atomic mass is 9.71. The molecule has 0 atom stereocenters. The third-order valence-corrected chi connectivity index (χ3v) is 4.15. The second-order valence-corrected chi connectivity index (χ2v) is 5.76. The summed E-state index contributed by atoms with van der Waals surface area (Å²) in [6.45, 7) is 4.67. The van der Waals surface area contributed by atoms with Gasteiger partial charge in [0.25, 0.3) is 0 Å². The molecule has 0 saturated heterocycles. The van der Waals surface area contributed by atoms with Gasteiger partial charge in [-0.15, -0.1) is 0 Å². The van der Waals surface area contributed by atoms with Crippen molar-refractivity contribution in [3.63, 3.8) is 0 Å². The first-order chi connectivity index (χ1) is 9.64. The minimum atomic E-state index is -0.456. The smallest absolute Gasteiger partial charge is 0.313 e. The van der Waals surface area contributed by atoms with Crippen LogP contribution in [-0.4, -0.2) is 46.1 Å². The molecule has 5 heteroatoms. The normalized spacial score (nSPS) is 26.4. The molecular formula is C15H29NO4. The molecule has 1 rings (SSSR count). The largest absolute Gasteiger partial charge is 0.463 e. The van der Waals surface area contributed by atoms with Crippen molar-refractivity contribution in [2.75, 3.05) is 40.1 Å². The van der Waals surface area contributed by atoms with Gasteiger partial charge >= 0.3 is 5.97 Å². The number of ether oxygens (including phenoxy) is 3. The van der Waals surface area contributed by atoms with E-state index < -0.39 is 5.41 Å². The maximum Gasteiger partial charge on any atom is 0.313 e. The number of methoxy groups -OCH3 is 1. The van der Waals surface area contributed by atoms with Crippen molar-refractivity contribution in [2.24, 2.45) is 17.1 Å². The molecule has 0 radical (unpaired) electrons. The van der Waals surface area contributed by atoms with Gasteiger partial charge in [0, 0.05) is 26.9 Å². The molecule has 1 aliphatic rings. The van der Waals surface area contributed by atoms with Crippen molar-refractivity contribution < 1.29 is 19.0 Å². The first kappa shape index (κ1) is 17.4. The van der Waals surface area contributed by atoms with Crippen molar-refractivity contribution in [1.82, 2.24) is 0 Å². The maximum atomic E-state index is 12.2. The summed E-state index contributed by atoms with van der Waals surface area (Å²) < 4.78 is 15.6. The van der Waals surface area contributed by atoms with Crippen molar-refractivity contribution in [2.45, 2.75) is 39.0 Å². The predicted molar refractivity (Wildman–Crippen MR) is 77.4 cm³/mol. The fourth-order valence-corrected chi connectivity index (χ4v) is 2.56. The summed E-state index contributed by atoms with van der Waals surface area (Å²) in [4.78, 5) is 12.2. The van der Waals surface area contributed by atoms with E-state index in [1.165, 1.54) is 0 Å². The summed E-state index contributed by atoms with van der Waals surface area (Å²) in [5.41, 5.74) is 5.37. The third-order valence-electron chi connectivity index (χ3n) is 4.15. The number of hydrogen-bond donors (Lipinski definition) is 1. The van der Waals surface area contributed by atoms with Crippen LogP contribution >= 0.6 is 0 Å². The molecule has 1 saturated carbocycles. The van der Waals surface area contributed by atoms with Gasteiger partial charge < -0.3 is 19.9 Å². The zero-order chi connectivity index (χ0) is 14.8. The molecule has 0 aromatic carbocycles. The van der Waals surface area contributed by atoms with E-state index in [0.717, 1.165) is 32.1 Å². The zero-order valence-electron chi connectivity index (χ0n) is 12.9. The van der Waals surface area contributed by atoms with E-state index in [2.05, 4.69) is 6.92 Å². The summed E-state index contributed by atoms with van der Waals surface area (Å²) in [5, 5.41) is 0. The minimum absolute atomic E-state index is 0.146. The Morgan fingerprint density at radius 3 is 2.50 bits per heavy atom. The standard InChI is InChI=1S/C15H29NO4/c1-13-4-6-15(12-16,7-5-13)14(17)20-11-10-19-9-3-8-18-2/h13H,3-12,16H2,1-2H3. The number of nitrogens with two attached hydrogens (primary N) is 1. The number of rotatable bonds is 9. The second-order valence-electron chi connectivity index (χ2n) is 5.76. The monoisotopic (exact) mass is 287 g/mol. The Kier molecular flexibility index (Phi) is 8.11. The van der Waals surface area contributed by atoms with Crippen molar-refractivity contribution in [3.8, 4) is 0 Å². The molecule has 0 bridgehead atoms. The predicted octanol–water partition coefficient (Wildman–Crippen LogP) is 1.74. The molecule has 0 aromatic rings. The number of carbonyl (C=O) groups excluding carboxylic acids is 1. The Morgan fingerprint density at radius 2 is 1.90 bits per heavy atom. The Labute approximate surface area is 122 Å². The molecule has 1 aliphatic carbocycles. The summed E-state index contributed by atoms with van der Waals surface area (Å²) in [6, 6.07) is 0. The van der Waals surface area contributed by atoms with Crippen LogP contribution in [0.4, 0.5) is 0 Å². The quantitative estimate of drug-likeness (QED) is 0.516. The lowest BCUT2D eigenvalue weighted by Crippen LogP contribution is -2.43. The number of esters is 1. The SMILES string of the molecule is COCCCOCCOC(=O)C1(CN)CCC(C)CC1. The average Bonchev–Trinajstić information content (AvgIpc) is 2.47. The first-order valence-electron chi connectivity index (χ1n) is 7.58. The highest BCUT2D eigenvalue weighted by atomic mass is 16.6. The summed E-state index contributed by atoms with van der Waals surface area (Å²) in [5.74, 6) is 0.541. The van der Waals surface area contributed by atoms with Crippen molar-refractivity contribution >= 4 is 5.97 Å². The van der Waals surface area contributed by atoms with Gasteiger partial charge in [0.1, 0.15) is 6.61 Å². The lowest BCUT2D eigenvalue weighted by Gasteiger charge is -2.36. The fourth-order valence-electron chi connectivity index (χ4n) is 2.56. The Hall–Kier alpha value is -0.650. The highest BCUT2D eigenvalue weighted by Gasteiger charge is 2.41. The van der Waals surface area contributed by atoms with Crippen LogP contribution in [0.1, 0.15) is 39.0 Å². The van der Waals surface area contributed by atoms with Crippen LogP contribution in [0.25, 0.3) is 0 Å². The molecule has 0 unspecified atom stereocenters. The molecule has 0 aliphatic heterocycles. The van der Waals surface area contributed by atoms with E-state index in [1.807, 2.05) is 0 Å². The third kappa shape index (κ3) is 5.38. The van der Waals surface area contributed by atoms with E-state index >= 15 is 0 Å². The topological polar surface area (TPSA) is 70.8 Å². The van der Waals surface area contributed by atoms with Crippen LogP contribution in [0.3, 0.4) is 0 Å². The molecule has 0 spiro atoms. The average molecular weight is 287 g/mol. The molecule has 5 nitrogen and oxygen atoms in total. The molecule has 0 amide bonds. The highest BCUT2D eigenvalue weighted by molar-refractivity contribution is 5.77. The van der Waals surface area contributed by atoms with Gasteiger partial charge in [-0.25, -0.2) is 0 Å². The zero-order valence-corrected chi connectivity index (χ0v) is 12.9. The van der Waals surface area contributed by atoms with Gasteiger partial charge in [-0.05, 0) is 38.0 Å². The fraction of sp³-hybridized carbons (Fsp3) is 0.933. The maximum absolute atomic E-state index is 12.2. The molecular weight excluding hydrogens is 258 g/mol. The molecule has 118 valence electrons. The van der Waals surface area contributed by atoms with Crippen LogP contribution < -0.4 is 5.73 Å². The van der Waals surface area contributed by atoms with Crippen LogP contribution in [-0.2, 0) is 19.0 Å². The van der Waals surface area contributed by atoms with Gasteiger partial charge in [0.05, 0.1) is 12.0 Å². The van der Waals surface area contributed by atoms with Gasteiger partial charge in [-0.1, -0.05) is 6.92 Å². The Bertz CT molecular complexity index is 275. The molecule has 1 fully saturated rings. The van der Waals surface area contributed by atoms with Gasteiger partial charge in [-0.2, -0.15) is 0 Å². The van der Waals surface area contributed by atoms with Crippen LogP contribution in [0.2, 0.25) is 0 Å². The van der Waals surface area contributed by atoms with Gasteiger partial charge in [0.2, 0.25) is 0 Å².